The van der Waals surface area contributed by atoms with Gasteiger partial charge in [-0.25, -0.2) is 9.78 Å². The van der Waals surface area contributed by atoms with Crippen LogP contribution in [0, 0.1) is 6.92 Å². The van der Waals surface area contributed by atoms with Crippen LogP contribution in [0.5, 0.6) is 5.19 Å². The minimum atomic E-state index is -0.292. The maximum atomic E-state index is 12.1. The third kappa shape index (κ3) is 3.79. The summed E-state index contributed by atoms with van der Waals surface area (Å²) in [5, 5.41) is 8.32. The molecule has 0 aliphatic rings. The molecule has 0 bridgehead atoms. The van der Waals surface area contributed by atoms with Gasteiger partial charge < -0.3 is 4.74 Å². The van der Waals surface area contributed by atoms with Gasteiger partial charge >= 0.3 is 5.69 Å². The molecule has 0 aliphatic heterocycles. The smallest absolute Gasteiger partial charge is 0.368 e. The SMILES string of the molecule is CCCCc1nc(OCc2ccccc2-n2nnn(C)c2=O)sc1C. The number of benzene rings is 1. The average Bonchev–Trinajstić information content (AvgIpc) is 3.14. The monoisotopic (exact) mass is 359 g/mol. The number of hydrogen-bond donors (Lipinski definition) is 0. The summed E-state index contributed by atoms with van der Waals surface area (Å²) in [6.07, 6.45) is 3.25. The van der Waals surface area contributed by atoms with Crippen molar-refractivity contribution in [3.05, 3.63) is 50.9 Å². The van der Waals surface area contributed by atoms with E-state index in [4.69, 9.17) is 4.74 Å². The van der Waals surface area contributed by atoms with Crippen molar-refractivity contribution in [3.8, 4) is 10.9 Å². The lowest BCUT2D eigenvalue weighted by molar-refractivity contribution is 0.303. The van der Waals surface area contributed by atoms with Gasteiger partial charge in [-0.3, -0.25) is 0 Å². The topological polar surface area (TPSA) is 74.8 Å². The Bertz CT molecular complexity index is 912. The standard InChI is InChI=1S/C17H21N5O2S/c1-4-5-9-14-12(2)25-16(18-14)24-11-13-8-6-7-10-15(13)22-17(23)21(3)19-20-22/h6-8,10H,4-5,9,11H2,1-3H3. The molecule has 7 nitrogen and oxygen atoms in total. The summed E-state index contributed by atoms with van der Waals surface area (Å²) < 4.78 is 8.35. The molecular weight excluding hydrogens is 338 g/mol. The average molecular weight is 359 g/mol. The Morgan fingerprint density at radius 2 is 2.04 bits per heavy atom. The predicted molar refractivity (Wildman–Crippen MR) is 96.4 cm³/mol. The zero-order chi connectivity index (χ0) is 17.8. The third-order valence-electron chi connectivity index (χ3n) is 3.93. The quantitative estimate of drug-likeness (QED) is 0.648. The Morgan fingerprint density at radius 3 is 2.76 bits per heavy atom. The molecule has 1 aromatic carbocycles. The molecule has 0 aliphatic carbocycles. The van der Waals surface area contributed by atoms with E-state index in [1.165, 1.54) is 14.2 Å². The summed E-state index contributed by atoms with van der Waals surface area (Å²) in [6, 6.07) is 7.50. The van der Waals surface area contributed by atoms with E-state index in [9.17, 15) is 4.79 Å². The third-order valence-corrected chi connectivity index (χ3v) is 4.86. The molecule has 0 N–H and O–H groups in total. The van der Waals surface area contributed by atoms with Gasteiger partial charge in [0.05, 0.1) is 11.4 Å². The first-order valence-electron chi connectivity index (χ1n) is 8.26. The molecule has 0 saturated heterocycles. The summed E-state index contributed by atoms with van der Waals surface area (Å²) in [4.78, 5) is 17.9. The molecule has 0 unspecified atom stereocenters. The summed E-state index contributed by atoms with van der Waals surface area (Å²) in [7, 11) is 1.57. The van der Waals surface area contributed by atoms with Gasteiger partial charge in [0.25, 0.3) is 5.19 Å². The number of tetrazole rings is 1. The van der Waals surface area contributed by atoms with E-state index in [0.717, 1.165) is 30.5 Å². The fourth-order valence-corrected chi connectivity index (χ4v) is 3.28. The zero-order valence-electron chi connectivity index (χ0n) is 14.6. The highest BCUT2D eigenvalue weighted by atomic mass is 32.1. The van der Waals surface area contributed by atoms with Crippen LogP contribution in [0.4, 0.5) is 0 Å². The second-order valence-corrected chi connectivity index (χ2v) is 6.97. The van der Waals surface area contributed by atoms with E-state index in [1.807, 2.05) is 24.3 Å². The zero-order valence-corrected chi connectivity index (χ0v) is 15.4. The fraction of sp³-hybridized carbons (Fsp3) is 0.412. The molecule has 0 saturated carbocycles. The van der Waals surface area contributed by atoms with Crippen LogP contribution in [0.3, 0.4) is 0 Å². The van der Waals surface area contributed by atoms with E-state index in [-0.39, 0.29) is 5.69 Å². The number of aromatic nitrogens is 5. The van der Waals surface area contributed by atoms with E-state index >= 15 is 0 Å². The molecule has 3 aromatic rings. The van der Waals surface area contributed by atoms with Crippen molar-refractivity contribution in [2.45, 2.75) is 39.7 Å². The van der Waals surface area contributed by atoms with E-state index in [0.29, 0.717) is 17.5 Å². The largest absolute Gasteiger partial charge is 0.465 e. The predicted octanol–water partition coefficient (Wildman–Crippen LogP) is 2.65. The van der Waals surface area contributed by atoms with Gasteiger partial charge in [-0.1, -0.05) is 42.9 Å². The number of aryl methyl sites for hydroxylation is 3. The molecule has 0 fully saturated rings. The highest BCUT2D eigenvalue weighted by molar-refractivity contribution is 7.13. The molecule has 25 heavy (non-hydrogen) atoms. The molecule has 0 radical (unpaired) electrons. The van der Waals surface area contributed by atoms with Crippen LogP contribution in [0.2, 0.25) is 0 Å². The lowest BCUT2D eigenvalue weighted by Crippen LogP contribution is -2.23. The van der Waals surface area contributed by atoms with Gasteiger partial charge in [-0.2, -0.15) is 9.36 Å². The van der Waals surface area contributed by atoms with Crippen LogP contribution in [0.15, 0.2) is 29.1 Å². The van der Waals surface area contributed by atoms with Gasteiger partial charge in [0, 0.05) is 17.5 Å². The summed E-state index contributed by atoms with van der Waals surface area (Å²) in [5.41, 5.74) is 2.34. The Kier molecular flexibility index (Phi) is 5.28. The molecule has 0 spiro atoms. The molecule has 3 rings (SSSR count). The van der Waals surface area contributed by atoms with Crippen LogP contribution in [-0.4, -0.2) is 24.8 Å². The van der Waals surface area contributed by atoms with Gasteiger partial charge in [0.15, 0.2) is 0 Å². The maximum Gasteiger partial charge on any atom is 0.368 e. The summed E-state index contributed by atoms with van der Waals surface area (Å²) in [6.45, 7) is 4.56. The second-order valence-electron chi connectivity index (χ2n) is 5.80. The lowest BCUT2D eigenvalue weighted by Gasteiger charge is -2.08. The molecule has 8 heteroatoms. The van der Waals surface area contributed by atoms with Crippen molar-refractivity contribution < 1.29 is 4.74 Å². The van der Waals surface area contributed by atoms with Crippen molar-refractivity contribution in [3.63, 3.8) is 0 Å². The first kappa shape index (κ1) is 17.3. The Labute approximate surface area is 149 Å². The first-order valence-corrected chi connectivity index (χ1v) is 9.08. The molecule has 0 amide bonds. The highest BCUT2D eigenvalue weighted by Gasteiger charge is 2.13. The van der Waals surface area contributed by atoms with Crippen LogP contribution in [0.1, 0.15) is 35.9 Å². The van der Waals surface area contributed by atoms with E-state index < -0.39 is 0 Å². The number of unbranched alkanes of at least 4 members (excludes halogenated alkanes) is 1. The van der Waals surface area contributed by atoms with Gasteiger partial charge in [0.2, 0.25) is 0 Å². The van der Waals surface area contributed by atoms with Crippen LogP contribution < -0.4 is 10.4 Å². The van der Waals surface area contributed by atoms with Crippen LogP contribution >= 0.6 is 11.3 Å². The Hall–Kier alpha value is -2.48. The van der Waals surface area contributed by atoms with E-state index in [1.54, 1.807) is 18.4 Å². The van der Waals surface area contributed by atoms with Crippen molar-refractivity contribution in [2.75, 3.05) is 0 Å². The number of thiazole rings is 1. The maximum absolute atomic E-state index is 12.1. The highest BCUT2D eigenvalue weighted by Crippen LogP contribution is 2.26. The molecule has 0 atom stereocenters. The van der Waals surface area contributed by atoms with Crippen LogP contribution in [-0.2, 0) is 20.1 Å². The van der Waals surface area contributed by atoms with Gasteiger partial charge in [0.1, 0.15) is 6.61 Å². The number of hydrogen-bond acceptors (Lipinski definition) is 6. The number of para-hydroxylation sites is 1. The molecular formula is C17H21N5O2S. The minimum absolute atomic E-state index is 0.292. The minimum Gasteiger partial charge on any atom is -0.465 e. The summed E-state index contributed by atoms with van der Waals surface area (Å²) >= 11 is 1.56. The van der Waals surface area contributed by atoms with Crippen molar-refractivity contribution in [1.82, 2.24) is 24.8 Å². The molecule has 132 valence electrons. The van der Waals surface area contributed by atoms with Gasteiger partial charge in [-0.05, 0) is 36.3 Å². The van der Waals surface area contributed by atoms with Crippen molar-refractivity contribution >= 4 is 11.3 Å². The number of nitrogens with zero attached hydrogens (tertiary/aromatic N) is 5. The fourth-order valence-electron chi connectivity index (χ4n) is 2.48. The van der Waals surface area contributed by atoms with E-state index in [2.05, 4.69) is 29.3 Å². The normalized spacial score (nSPS) is 11.0. The molecule has 2 heterocycles. The van der Waals surface area contributed by atoms with Crippen molar-refractivity contribution in [1.29, 1.82) is 0 Å². The Morgan fingerprint density at radius 1 is 1.24 bits per heavy atom. The number of rotatable bonds is 7. The molecule has 2 aromatic heterocycles. The second kappa shape index (κ2) is 7.60. The first-order chi connectivity index (χ1) is 12.1. The summed E-state index contributed by atoms with van der Waals surface area (Å²) in [5.74, 6) is 0. The Balaban J connectivity index is 1.78. The van der Waals surface area contributed by atoms with Gasteiger partial charge in [-0.15, -0.1) is 0 Å². The van der Waals surface area contributed by atoms with Crippen molar-refractivity contribution in [2.24, 2.45) is 7.05 Å². The number of ether oxygens (including phenoxy) is 1. The lowest BCUT2D eigenvalue weighted by atomic mass is 10.2. The van der Waals surface area contributed by atoms with Crippen LogP contribution in [0.25, 0.3) is 5.69 Å².